The zero-order valence-corrected chi connectivity index (χ0v) is 22.0. The Hall–Kier alpha value is -2.76. The lowest BCUT2D eigenvalue weighted by atomic mass is 9.96. The third-order valence-electron chi connectivity index (χ3n) is 5.19. The summed E-state index contributed by atoms with van der Waals surface area (Å²) in [5.74, 6) is -0.687. The molecule has 0 saturated heterocycles. The number of pyridine rings is 1. The molecule has 2 N–H and O–H groups in total. The highest BCUT2D eigenvalue weighted by Gasteiger charge is 2.28. The quantitative estimate of drug-likeness (QED) is 0.283. The Morgan fingerprint density at radius 3 is 2.64 bits per heavy atom. The minimum atomic E-state index is -0.627. The summed E-state index contributed by atoms with van der Waals surface area (Å²) in [4.78, 5) is 31.4. The number of hydrogen-bond acceptors (Lipinski definition) is 7. The normalized spacial score (nSPS) is 13.3. The summed E-state index contributed by atoms with van der Waals surface area (Å²) < 4.78 is 12.1. The van der Waals surface area contributed by atoms with E-state index in [4.69, 9.17) is 56.5 Å². The van der Waals surface area contributed by atoms with Crippen LogP contribution in [0.3, 0.4) is 0 Å². The van der Waals surface area contributed by atoms with Crippen LogP contribution in [0, 0.1) is 0 Å². The molecule has 0 bridgehead atoms. The summed E-state index contributed by atoms with van der Waals surface area (Å²) in [5, 5.41) is 10.4. The molecule has 0 spiro atoms. The average molecular weight is 569 g/mol. The van der Waals surface area contributed by atoms with Crippen LogP contribution >= 0.6 is 47.0 Å². The van der Waals surface area contributed by atoms with Gasteiger partial charge in [0.25, 0.3) is 11.8 Å². The maximum atomic E-state index is 13.5. The Labute approximate surface area is 227 Å². The first-order valence-electron chi connectivity index (χ1n) is 10.7. The number of benzene rings is 1. The molecular weight excluding hydrogens is 549 g/mol. The molecule has 9 nitrogen and oxygen atoms in total. The first kappa shape index (κ1) is 26.3. The molecule has 0 unspecified atom stereocenters. The summed E-state index contributed by atoms with van der Waals surface area (Å²) >= 11 is 24.0. The maximum absolute atomic E-state index is 13.5. The Balaban J connectivity index is 1.68. The number of ether oxygens (including phenoxy) is 2. The number of halogens is 3. The lowest BCUT2D eigenvalue weighted by Gasteiger charge is -2.26. The Kier molecular flexibility index (Phi) is 8.43. The van der Waals surface area contributed by atoms with E-state index in [1.165, 1.54) is 36.2 Å². The second-order valence-electron chi connectivity index (χ2n) is 7.79. The van der Waals surface area contributed by atoms with Crippen LogP contribution in [0.15, 0.2) is 36.5 Å². The zero-order chi connectivity index (χ0) is 25.8. The molecule has 1 aromatic carbocycles. The van der Waals surface area contributed by atoms with Gasteiger partial charge in [0.2, 0.25) is 5.88 Å². The van der Waals surface area contributed by atoms with Gasteiger partial charge in [0.05, 0.1) is 27.9 Å². The van der Waals surface area contributed by atoms with Crippen molar-refractivity contribution >= 4 is 69.4 Å². The van der Waals surface area contributed by atoms with Crippen molar-refractivity contribution in [2.75, 3.05) is 25.6 Å². The van der Waals surface area contributed by atoms with Gasteiger partial charge in [-0.25, -0.2) is 9.67 Å². The van der Waals surface area contributed by atoms with E-state index in [9.17, 15) is 9.59 Å². The molecule has 0 aliphatic heterocycles. The van der Waals surface area contributed by atoms with Crippen molar-refractivity contribution in [1.82, 2.24) is 20.1 Å². The van der Waals surface area contributed by atoms with Crippen molar-refractivity contribution in [2.24, 2.45) is 0 Å². The van der Waals surface area contributed by atoms with Crippen LogP contribution in [0.25, 0.3) is 5.82 Å². The molecule has 2 aromatic heterocycles. The van der Waals surface area contributed by atoms with E-state index in [0.29, 0.717) is 19.4 Å². The van der Waals surface area contributed by atoms with Crippen LogP contribution in [0.5, 0.6) is 5.88 Å². The Morgan fingerprint density at radius 1 is 1.17 bits per heavy atom. The van der Waals surface area contributed by atoms with Crippen molar-refractivity contribution in [2.45, 2.75) is 18.9 Å². The highest BCUT2D eigenvalue weighted by Crippen LogP contribution is 2.32. The molecule has 0 radical (unpaired) electrons. The maximum Gasteiger partial charge on any atom is 0.274 e. The summed E-state index contributed by atoms with van der Waals surface area (Å²) in [7, 11) is 1.52. The first-order chi connectivity index (χ1) is 17.3. The monoisotopic (exact) mass is 567 g/mol. The van der Waals surface area contributed by atoms with Crippen LogP contribution in [0.1, 0.15) is 33.7 Å². The largest absolute Gasteiger partial charge is 0.473 e. The minimum absolute atomic E-state index is 0.0595. The van der Waals surface area contributed by atoms with Gasteiger partial charge >= 0.3 is 0 Å². The van der Waals surface area contributed by atoms with Gasteiger partial charge in [-0.1, -0.05) is 47.0 Å². The third kappa shape index (κ3) is 5.96. The minimum Gasteiger partial charge on any atom is -0.473 e. The number of carbonyl (C=O) groups is 2. The van der Waals surface area contributed by atoms with E-state index in [2.05, 4.69) is 20.7 Å². The van der Waals surface area contributed by atoms with Crippen LogP contribution in [-0.2, 0) is 4.74 Å². The fourth-order valence-corrected chi connectivity index (χ4v) is 4.51. The van der Waals surface area contributed by atoms with Gasteiger partial charge in [0, 0.05) is 48.6 Å². The second-order valence-corrected chi connectivity index (χ2v) is 9.62. The number of amides is 2. The fourth-order valence-electron chi connectivity index (χ4n) is 3.39. The zero-order valence-electron chi connectivity index (χ0n) is 18.9. The predicted octanol–water partition coefficient (Wildman–Crippen LogP) is 4.77. The number of carbonyl (C=O) groups excluding carboxylic acids is 2. The summed E-state index contributed by atoms with van der Waals surface area (Å²) in [6.07, 6.45) is 2.67. The van der Waals surface area contributed by atoms with Crippen molar-refractivity contribution in [3.63, 3.8) is 0 Å². The molecule has 1 fully saturated rings. The summed E-state index contributed by atoms with van der Waals surface area (Å²) in [6.45, 7) is 0.559. The SMILES string of the molecule is COCCNC(=O)c1cc(Cl)cc(Cl)c1NC(=O)c1cc(OC2CC(=S)C2)nn1-c1ncccc1Cl. The van der Waals surface area contributed by atoms with Gasteiger partial charge in [-0.15, -0.1) is 5.10 Å². The van der Waals surface area contributed by atoms with Gasteiger partial charge in [-0.3, -0.25) is 9.59 Å². The Morgan fingerprint density at radius 2 is 1.94 bits per heavy atom. The van der Waals surface area contributed by atoms with Crippen molar-refractivity contribution in [1.29, 1.82) is 0 Å². The predicted molar refractivity (Wildman–Crippen MR) is 141 cm³/mol. The van der Waals surface area contributed by atoms with Crippen LogP contribution < -0.4 is 15.4 Å². The number of anilines is 1. The molecule has 2 heterocycles. The first-order valence-corrected chi connectivity index (χ1v) is 12.3. The van der Waals surface area contributed by atoms with E-state index in [0.717, 1.165) is 4.86 Å². The number of nitrogens with zero attached hydrogens (tertiary/aromatic N) is 3. The molecule has 1 aliphatic rings. The molecule has 13 heteroatoms. The molecular formula is C23H20Cl3N5O4S. The van der Waals surface area contributed by atoms with Crippen LogP contribution in [0.4, 0.5) is 5.69 Å². The van der Waals surface area contributed by atoms with E-state index in [1.807, 2.05) is 0 Å². The lowest BCUT2D eigenvalue weighted by Crippen LogP contribution is -2.32. The standard InChI is InChI=1S/C23H20Cl3N5O4S/c1-34-6-5-28-22(32)15-7-12(24)8-17(26)20(15)29-23(33)18-11-19(35-13-9-14(36)10-13)30-31(18)21-16(25)3-2-4-27-21/h2-4,7-8,11,13H,5-6,9-10H2,1H3,(H,28,32)(H,29,33). The second kappa shape index (κ2) is 11.5. The van der Waals surface area contributed by atoms with Gasteiger partial charge < -0.3 is 20.1 Å². The van der Waals surface area contributed by atoms with E-state index in [1.54, 1.807) is 12.1 Å². The Bertz CT molecular complexity index is 1330. The summed E-state index contributed by atoms with van der Waals surface area (Å²) in [5.41, 5.74) is 0.218. The van der Waals surface area contributed by atoms with Crippen molar-refractivity contribution in [3.8, 4) is 11.7 Å². The third-order valence-corrected chi connectivity index (χ3v) is 6.33. The van der Waals surface area contributed by atoms with Crippen molar-refractivity contribution < 1.29 is 19.1 Å². The molecule has 2 amide bonds. The number of methoxy groups -OCH3 is 1. The van der Waals surface area contributed by atoms with Gasteiger partial charge in [0.1, 0.15) is 11.8 Å². The molecule has 36 heavy (non-hydrogen) atoms. The van der Waals surface area contributed by atoms with Gasteiger partial charge in [0.15, 0.2) is 5.82 Å². The number of hydrogen-bond donors (Lipinski definition) is 2. The molecule has 3 aromatic rings. The van der Waals surface area contributed by atoms with Gasteiger partial charge in [-0.05, 0) is 24.3 Å². The molecule has 1 saturated carbocycles. The topological polar surface area (TPSA) is 107 Å². The van der Waals surface area contributed by atoms with E-state index >= 15 is 0 Å². The van der Waals surface area contributed by atoms with E-state index in [-0.39, 0.29) is 56.4 Å². The highest BCUT2D eigenvalue weighted by atomic mass is 35.5. The smallest absolute Gasteiger partial charge is 0.274 e. The number of rotatable bonds is 9. The molecule has 4 rings (SSSR count). The van der Waals surface area contributed by atoms with Crippen LogP contribution in [-0.4, -0.2) is 57.8 Å². The number of nitrogens with one attached hydrogen (secondary N) is 2. The van der Waals surface area contributed by atoms with Crippen molar-refractivity contribution in [3.05, 3.63) is 62.9 Å². The number of aromatic nitrogens is 3. The fraction of sp³-hybridized carbons (Fsp3) is 0.261. The van der Waals surface area contributed by atoms with Crippen LogP contribution in [0.2, 0.25) is 15.1 Å². The molecule has 188 valence electrons. The molecule has 0 atom stereocenters. The van der Waals surface area contributed by atoms with Gasteiger partial charge in [-0.2, -0.15) is 0 Å². The lowest BCUT2D eigenvalue weighted by molar-refractivity contribution is 0.0938. The highest BCUT2D eigenvalue weighted by molar-refractivity contribution is 7.80. The average Bonchev–Trinajstić information content (AvgIpc) is 3.23. The number of thiocarbonyl (C=S) groups is 1. The van der Waals surface area contributed by atoms with E-state index < -0.39 is 11.8 Å². The summed E-state index contributed by atoms with van der Waals surface area (Å²) in [6, 6.07) is 7.57. The molecule has 1 aliphatic carbocycles.